The highest BCUT2D eigenvalue weighted by Gasteiger charge is 2.51. The molecule has 1 aliphatic carbocycles. The summed E-state index contributed by atoms with van der Waals surface area (Å²) in [5, 5.41) is 4.72. The molecule has 1 aliphatic heterocycles. The third kappa shape index (κ3) is 4.08. The normalized spacial score (nSPS) is 24.0. The summed E-state index contributed by atoms with van der Waals surface area (Å²) in [5.41, 5.74) is 2.66. The molecule has 0 N–H and O–H groups in total. The van der Waals surface area contributed by atoms with Crippen LogP contribution in [-0.4, -0.2) is 38.2 Å². The van der Waals surface area contributed by atoms with Crippen LogP contribution < -0.4 is 0 Å². The predicted octanol–water partition coefficient (Wildman–Crippen LogP) is 5.09. The van der Waals surface area contributed by atoms with Crippen molar-refractivity contribution in [1.29, 1.82) is 0 Å². The quantitative estimate of drug-likeness (QED) is 0.569. The molecule has 2 aromatic carbocycles. The first-order valence-electron chi connectivity index (χ1n) is 11.7. The molecule has 166 valence electrons. The third-order valence-electron chi connectivity index (χ3n) is 7.02. The van der Waals surface area contributed by atoms with Crippen LogP contribution in [0.4, 0.5) is 0 Å². The van der Waals surface area contributed by atoms with Gasteiger partial charge in [0.2, 0.25) is 5.82 Å². The summed E-state index contributed by atoms with van der Waals surface area (Å²) in [6, 6.07) is 20.7. The SMILES string of the molecule is CC1(C)CC2CC(C)(CN2C(=O)c2nc(CCc3ccccc3)n(-c3ccccc3)n2)C1. The second kappa shape index (κ2) is 7.88. The van der Waals surface area contributed by atoms with Crippen LogP contribution >= 0.6 is 0 Å². The van der Waals surface area contributed by atoms with Crippen LogP contribution in [0.15, 0.2) is 60.7 Å². The molecule has 2 fully saturated rings. The Kier molecular flexibility index (Phi) is 5.15. The molecule has 5 heteroatoms. The number of hydrogen-bond acceptors (Lipinski definition) is 3. The minimum Gasteiger partial charge on any atom is -0.332 e. The first-order chi connectivity index (χ1) is 15.3. The van der Waals surface area contributed by atoms with E-state index in [2.05, 4.69) is 49.9 Å². The third-order valence-corrected chi connectivity index (χ3v) is 7.02. The maximum atomic E-state index is 13.6. The first-order valence-corrected chi connectivity index (χ1v) is 11.7. The largest absolute Gasteiger partial charge is 0.332 e. The zero-order valence-corrected chi connectivity index (χ0v) is 19.3. The van der Waals surface area contributed by atoms with E-state index < -0.39 is 0 Å². The van der Waals surface area contributed by atoms with Gasteiger partial charge in [-0.1, -0.05) is 69.3 Å². The van der Waals surface area contributed by atoms with Gasteiger partial charge in [-0.3, -0.25) is 4.79 Å². The number of aromatic nitrogens is 3. The number of carbonyl (C=O) groups excluding carboxylic acids is 1. The minimum absolute atomic E-state index is 0.0212. The van der Waals surface area contributed by atoms with Crippen molar-refractivity contribution in [2.24, 2.45) is 10.8 Å². The van der Waals surface area contributed by atoms with Gasteiger partial charge >= 0.3 is 0 Å². The van der Waals surface area contributed by atoms with Crippen molar-refractivity contribution in [1.82, 2.24) is 19.7 Å². The van der Waals surface area contributed by atoms with E-state index in [9.17, 15) is 4.79 Å². The van der Waals surface area contributed by atoms with Gasteiger partial charge in [0.05, 0.1) is 5.69 Å². The average molecular weight is 429 g/mol. The number of fused-ring (bicyclic) bond motifs is 2. The molecule has 2 atom stereocenters. The maximum absolute atomic E-state index is 13.6. The molecule has 2 bridgehead atoms. The lowest BCUT2D eigenvalue weighted by molar-refractivity contribution is 0.0696. The van der Waals surface area contributed by atoms with E-state index in [1.165, 1.54) is 5.56 Å². The van der Waals surface area contributed by atoms with Crippen molar-refractivity contribution in [3.63, 3.8) is 0 Å². The minimum atomic E-state index is -0.0212. The van der Waals surface area contributed by atoms with Gasteiger partial charge < -0.3 is 4.90 Å². The van der Waals surface area contributed by atoms with Gasteiger partial charge in [-0.2, -0.15) is 0 Å². The van der Waals surface area contributed by atoms with Crippen LogP contribution in [-0.2, 0) is 12.8 Å². The lowest BCUT2D eigenvalue weighted by Gasteiger charge is -2.39. The van der Waals surface area contributed by atoms with Gasteiger partial charge in [0.15, 0.2) is 0 Å². The summed E-state index contributed by atoms with van der Waals surface area (Å²) in [7, 11) is 0. The Hall–Kier alpha value is -2.95. The lowest BCUT2D eigenvalue weighted by atomic mass is 9.65. The summed E-state index contributed by atoms with van der Waals surface area (Å²) in [6.45, 7) is 7.79. The molecular formula is C27H32N4O. The van der Waals surface area contributed by atoms with Crippen molar-refractivity contribution in [3.05, 3.63) is 77.9 Å². The molecule has 1 aromatic heterocycles. The van der Waals surface area contributed by atoms with E-state index >= 15 is 0 Å². The number of nitrogens with zero attached hydrogens (tertiary/aromatic N) is 4. The molecule has 1 saturated heterocycles. The molecule has 3 aromatic rings. The van der Waals surface area contributed by atoms with Crippen molar-refractivity contribution in [2.75, 3.05) is 6.54 Å². The highest BCUT2D eigenvalue weighted by molar-refractivity contribution is 5.91. The van der Waals surface area contributed by atoms with E-state index in [-0.39, 0.29) is 22.8 Å². The molecule has 2 unspecified atom stereocenters. The van der Waals surface area contributed by atoms with E-state index in [0.29, 0.717) is 5.82 Å². The standard InChI is InChI=1S/C27H32N4O/c1-26(2)16-22-17-27(3,18-26)19-30(22)25(32)24-28-23(15-14-20-10-6-4-7-11-20)31(29-24)21-12-8-5-9-13-21/h4-13,22H,14-19H2,1-3H3. The van der Waals surface area contributed by atoms with Crippen molar-refractivity contribution >= 4 is 5.91 Å². The Morgan fingerprint density at radius 2 is 1.66 bits per heavy atom. The van der Waals surface area contributed by atoms with Crippen LogP contribution in [0.1, 0.15) is 62.0 Å². The molecule has 1 saturated carbocycles. The second-order valence-corrected chi connectivity index (χ2v) is 10.7. The van der Waals surface area contributed by atoms with Gasteiger partial charge in [-0.05, 0) is 54.2 Å². The number of carbonyl (C=O) groups is 1. The summed E-state index contributed by atoms with van der Waals surface area (Å²) in [5.74, 6) is 1.13. The van der Waals surface area contributed by atoms with Gasteiger partial charge in [-0.15, -0.1) is 5.10 Å². The fraction of sp³-hybridized carbons (Fsp3) is 0.444. The van der Waals surface area contributed by atoms with Gasteiger partial charge in [0.1, 0.15) is 5.82 Å². The number of para-hydroxylation sites is 1. The average Bonchev–Trinajstić information content (AvgIpc) is 3.30. The Balaban J connectivity index is 1.44. The predicted molar refractivity (Wildman–Crippen MR) is 126 cm³/mol. The molecule has 32 heavy (non-hydrogen) atoms. The van der Waals surface area contributed by atoms with Crippen LogP contribution in [0.2, 0.25) is 0 Å². The maximum Gasteiger partial charge on any atom is 0.293 e. The number of amides is 1. The molecule has 0 spiro atoms. The Labute approximate surface area is 190 Å². The summed E-state index contributed by atoms with van der Waals surface area (Å²) in [6.07, 6.45) is 4.89. The van der Waals surface area contributed by atoms with Gasteiger partial charge in [0, 0.05) is 19.0 Å². The van der Waals surface area contributed by atoms with Crippen molar-refractivity contribution < 1.29 is 4.79 Å². The van der Waals surface area contributed by atoms with Crippen molar-refractivity contribution in [2.45, 2.75) is 58.9 Å². The molecule has 2 heterocycles. The summed E-state index contributed by atoms with van der Waals surface area (Å²) < 4.78 is 1.85. The fourth-order valence-electron chi connectivity index (χ4n) is 6.10. The molecule has 1 amide bonds. The summed E-state index contributed by atoms with van der Waals surface area (Å²) >= 11 is 0. The van der Waals surface area contributed by atoms with Crippen molar-refractivity contribution in [3.8, 4) is 5.69 Å². The van der Waals surface area contributed by atoms with Crippen LogP contribution in [0, 0.1) is 10.8 Å². The number of likely N-dealkylation sites (tertiary alicyclic amines) is 1. The van der Waals surface area contributed by atoms with Crippen LogP contribution in [0.5, 0.6) is 0 Å². The first kappa shape index (κ1) is 20.9. The highest BCUT2D eigenvalue weighted by Crippen LogP contribution is 2.52. The zero-order chi connectivity index (χ0) is 22.3. The molecular weight excluding hydrogens is 396 g/mol. The Morgan fingerprint density at radius 1 is 0.969 bits per heavy atom. The second-order valence-electron chi connectivity index (χ2n) is 10.7. The van der Waals surface area contributed by atoms with E-state index in [1.54, 1.807) is 0 Å². The van der Waals surface area contributed by atoms with Crippen LogP contribution in [0.3, 0.4) is 0 Å². The lowest BCUT2D eigenvalue weighted by Crippen LogP contribution is -2.38. The van der Waals surface area contributed by atoms with Crippen LogP contribution in [0.25, 0.3) is 5.69 Å². The van der Waals surface area contributed by atoms with E-state index in [4.69, 9.17) is 10.1 Å². The number of benzene rings is 2. The molecule has 5 rings (SSSR count). The zero-order valence-electron chi connectivity index (χ0n) is 19.3. The van der Waals surface area contributed by atoms with Gasteiger partial charge in [0.25, 0.3) is 5.91 Å². The Morgan fingerprint density at radius 3 is 2.38 bits per heavy atom. The molecule has 5 nitrogen and oxygen atoms in total. The van der Waals surface area contributed by atoms with Gasteiger partial charge in [-0.25, -0.2) is 9.67 Å². The fourth-order valence-corrected chi connectivity index (χ4v) is 6.10. The highest BCUT2D eigenvalue weighted by atomic mass is 16.2. The van der Waals surface area contributed by atoms with E-state index in [0.717, 1.165) is 50.2 Å². The summed E-state index contributed by atoms with van der Waals surface area (Å²) in [4.78, 5) is 20.4. The Bertz CT molecular complexity index is 1110. The number of aryl methyl sites for hydroxylation is 2. The smallest absolute Gasteiger partial charge is 0.293 e. The number of rotatable bonds is 5. The molecule has 2 aliphatic rings. The van der Waals surface area contributed by atoms with E-state index in [1.807, 2.05) is 41.1 Å². The monoisotopic (exact) mass is 428 g/mol. The molecule has 0 radical (unpaired) electrons. The topological polar surface area (TPSA) is 51.0 Å². The number of hydrogen-bond donors (Lipinski definition) is 0.